The molecule has 0 radical (unpaired) electrons. The molecule has 0 nitrogen and oxygen atoms in total. The van der Waals surface area contributed by atoms with Crippen molar-refractivity contribution in [1.29, 1.82) is 0 Å². The first kappa shape index (κ1) is 9.04. The van der Waals surface area contributed by atoms with Gasteiger partial charge in [-0.15, -0.1) is 11.6 Å². The van der Waals surface area contributed by atoms with Crippen molar-refractivity contribution in [2.45, 2.75) is 5.88 Å². The molecule has 0 heterocycles. The molecule has 2 heteroatoms. The third-order valence-corrected chi connectivity index (χ3v) is 2.80. The summed E-state index contributed by atoms with van der Waals surface area (Å²) in [7, 11) is 0. The van der Waals surface area contributed by atoms with Crippen LogP contribution in [0.3, 0.4) is 0 Å². The number of fused-ring (bicyclic) bond motifs is 1. The van der Waals surface area contributed by atoms with E-state index in [1.54, 1.807) is 0 Å². The number of rotatable bonds is 1. The van der Waals surface area contributed by atoms with Gasteiger partial charge in [-0.2, -0.15) is 0 Å². The highest BCUT2D eigenvalue weighted by Crippen LogP contribution is 2.25. The van der Waals surface area contributed by atoms with Crippen LogP contribution in [0.1, 0.15) is 5.56 Å². The van der Waals surface area contributed by atoms with Gasteiger partial charge in [-0.3, -0.25) is 0 Å². The summed E-state index contributed by atoms with van der Waals surface area (Å²) in [5, 5.41) is 2.47. The minimum absolute atomic E-state index is 0.556. The summed E-state index contributed by atoms with van der Waals surface area (Å²) in [4.78, 5) is 0. The van der Waals surface area contributed by atoms with E-state index >= 15 is 0 Å². The fourth-order valence-corrected chi connectivity index (χ4v) is 2.20. The number of alkyl halides is 1. The van der Waals surface area contributed by atoms with Gasteiger partial charge < -0.3 is 0 Å². The van der Waals surface area contributed by atoms with Gasteiger partial charge in [0.25, 0.3) is 0 Å². The third kappa shape index (κ3) is 1.72. The molecule has 0 unspecified atom stereocenters. The Morgan fingerprint density at radius 3 is 2.69 bits per heavy atom. The van der Waals surface area contributed by atoms with Gasteiger partial charge in [0, 0.05) is 10.4 Å². The average Bonchev–Trinajstić information content (AvgIpc) is 2.16. The smallest absolute Gasteiger partial charge is 0.0480 e. The highest BCUT2D eigenvalue weighted by molar-refractivity contribution is 9.10. The molecule has 0 aliphatic carbocycles. The lowest BCUT2D eigenvalue weighted by molar-refractivity contribution is 1.44. The van der Waals surface area contributed by atoms with Crippen molar-refractivity contribution in [2.75, 3.05) is 0 Å². The van der Waals surface area contributed by atoms with Crippen molar-refractivity contribution in [3.05, 3.63) is 46.4 Å². The highest BCUT2D eigenvalue weighted by atomic mass is 79.9. The monoisotopic (exact) mass is 254 g/mol. The minimum Gasteiger partial charge on any atom is -0.122 e. The highest BCUT2D eigenvalue weighted by Gasteiger charge is 2.00. The maximum absolute atomic E-state index is 5.86. The molecule has 0 saturated carbocycles. The second-order valence-electron chi connectivity index (χ2n) is 2.92. The Balaban J connectivity index is 2.81. The molecular weight excluding hydrogens is 247 g/mol. The average molecular weight is 256 g/mol. The number of hydrogen-bond donors (Lipinski definition) is 0. The van der Waals surface area contributed by atoms with Crippen LogP contribution in [0.15, 0.2) is 40.9 Å². The summed E-state index contributed by atoms with van der Waals surface area (Å²) in [6, 6.07) is 12.4. The van der Waals surface area contributed by atoms with Crippen molar-refractivity contribution >= 4 is 38.3 Å². The van der Waals surface area contributed by atoms with Crippen LogP contribution in [0.2, 0.25) is 0 Å². The van der Waals surface area contributed by atoms with E-state index in [9.17, 15) is 0 Å². The lowest BCUT2D eigenvalue weighted by atomic mass is 10.1. The van der Waals surface area contributed by atoms with Crippen LogP contribution in [0.25, 0.3) is 10.8 Å². The molecular formula is C11H8BrCl. The first-order valence-corrected chi connectivity index (χ1v) is 5.37. The van der Waals surface area contributed by atoms with E-state index in [1.807, 2.05) is 12.1 Å². The van der Waals surface area contributed by atoms with E-state index in [-0.39, 0.29) is 0 Å². The summed E-state index contributed by atoms with van der Waals surface area (Å²) < 4.78 is 1.09. The van der Waals surface area contributed by atoms with Gasteiger partial charge in [0.15, 0.2) is 0 Å². The third-order valence-electron chi connectivity index (χ3n) is 2.06. The Hall–Kier alpha value is -0.530. The molecule has 0 bridgehead atoms. The standard InChI is InChI=1S/C11H8BrCl/c12-10-5-8-3-1-2-4-11(8)9(6-10)7-13/h1-6H,7H2. The lowest BCUT2D eigenvalue weighted by Crippen LogP contribution is -1.82. The van der Waals surface area contributed by atoms with Crippen LogP contribution in [-0.4, -0.2) is 0 Å². The second-order valence-corrected chi connectivity index (χ2v) is 4.10. The first-order valence-electron chi connectivity index (χ1n) is 4.04. The fraction of sp³-hybridized carbons (Fsp3) is 0.0909. The van der Waals surface area contributed by atoms with Gasteiger partial charge in [-0.1, -0.05) is 40.2 Å². The summed E-state index contributed by atoms with van der Waals surface area (Å²) in [6.45, 7) is 0. The predicted molar refractivity (Wildman–Crippen MR) is 61.2 cm³/mol. The first-order chi connectivity index (χ1) is 6.31. The Morgan fingerprint density at radius 2 is 1.92 bits per heavy atom. The molecule has 13 heavy (non-hydrogen) atoms. The molecule has 0 aliphatic heterocycles. The van der Waals surface area contributed by atoms with Crippen LogP contribution in [0.5, 0.6) is 0 Å². The molecule has 0 N–H and O–H groups in total. The molecule has 0 amide bonds. The Bertz CT molecular complexity index is 437. The van der Waals surface area contributed by atoms with Crippen molar-refractivity contribution in [3.8, 4) is 0 Å². The van der Waals surface area contributed by atoms with E-state index in [1.165, 1.54) is 16.3 Å². The maximum Gasteiger partial charge on any atom is 0.0480 e. The van der Waals surface area contributed by atoms with Crippen LogP contribution in [-0.2, 0) is 5.88 Å². The SMILES string of the molecule is ClCc1cc(Br)cc2ccccc12. The van der Waals surface area contributed by atoms with Crippen molar-refractivity contribution in [1.82, 2.24) is 0 Å². The molecule has 0 saturated heterocycles. The Kier molecular flexibility index (Phi) is 2.56. The van der Waals surface area contributed by atoms with E-state index < -0.39 is 0 Å². The summed E-state index contributed by atoms with van der Waals surface area (Å²) >= 11 is 9.32. The van der Waals surface area contributed by atoms with E-state index in [4.69, 9.17) is 11.6 Å². The molecule has 2 rings (SSSR count). The lowest BCUT2D eigenvalue weighted by Gasteiger charge is -2.03. The van der Waals surface area contributed by atoms with Crippen molar-refractivity contribution in [3.63, 3.8) is 0 Å². The van der Waals surface area contributed by atoms with Crippen LogP contribution in [0, 0.1) is 0 Å². The zero-order chi connectivity index (χ0) is 9.26. The summed E-state index contributed by atoms with van der Waals surface area (Å²) in [6.07, 6.45) is 0. The minimum atomic E-state index is 0.556. The predicted octanol–water partition coefficient (Wildman–Crippen LogP) is 4.34. The largest absolute Gasteiger partial charge is 0.122 e. The summed E-state index contributed by atoms with van der Waals surface area (Å²) in [5.74, 6) is 0.556. The second kappa shape index (κ2) is 3.69. The Morgan fingerprint density at radius 1 is 1.15 bits per heavy atom. The number of benzene rings is 2. The molecule has 0 spiro atoms. The molecule has 66 valence electrons. The van der Waals surface area contributed by atoms with Gasteiger partial charge in [-0.05, 0) is 28.5 Å². The van der Waals surface area contributed by atoms with E-state index in [2.05, 4.69) is 40.2 Å². The van der Waals surface area contributed by atoms with Crippen LogP contribution < -0.4 is 0 Å². The molecule has 0 fully saturated rings. The van der Waals surface area contributed by atoms with E-state index in [0.717, 1.165) is 4.47 Å². The number of hydrogen-bond acceptors (Lipinski definition) is 0. The Labute approximate surface area is 90.6 Å². The molecule has 0 aromatic heterocycles. The molecule has 2 aromatic carbocycles. The summed E-state index contributed by atoms with van der Waals surface area (Å²) in [5.41, 5.74) is 1.17. The van der Waals surface area contributed by atoms with Crippen LogP contribution >= 0.6 is 27.5 Å². The van der Waals surface area contributed by atoms with E-state index in [0.29, 0.717) is 5.88 Å². The maximum atomic E-state index is 5.86. The van der Waals surface area contributed by atoms with Gasteiger partial charge in [0.1, 0.15) is 0 Å². The van der Waals surface area contributed by atoms with Crippen molar-refractivity contribution in [2.24, 2.45) is 0 Å². The fourth-order valence-electron chi connectivity index (χ4n) is 1.46. The zero-order valence-electron chi connectivity index (χ0n) is 6.93. The molecule has 0 aliphatic rings. The quantitative estimate of drug-likeness (QED) is 0.665. The zero-order valence-corrected chi connectivity index (χ0v) is 9.27. The van der Waals surface area contributed by atoms with Gasteiger partial charge in [-0.25, -0.2) is 0 Å². The number of halogens is 2. The van der Waals surface area contributed by atoms with Crippen LogP contribution in [0.4, 0.5) is 0 Å². The van der Waals surface area contributed by atoms with Gasteiger partial charge in [0.2, 0.25) is 0 Å². The van der Waals surface area contributed by atoms with Gasteiger partial charge >= 0.3 is 0 Å². The van der Waals surface area contributed by atoms with Crippen molar-refractivity contribution < 1.29 is 0 Å². The van der Waals surface area contributed by atoms with Gasteiger partial charge in [0.05, 0.1) is 0 Å². The molecule has 0 atom stereocenters. The topological polar surface area (TPSA) is 0 Å². The normalized spacial score (nSPS) is 10.6. The molecule has 2 aromatic rings.